The van der Waals surface area contributed by atoms with E-state index in [1.165, 1.54) is 11.3 Å². The first-order chi connectivity index (χ1) is 11.0. The zero-order valence-electron chi connectivity index (χ0n) is 13.2. The van der Waals surface area contributed by atoms with Crippen LogP contribution in [0.15, 0.2) is 36.4 Å². The number of benzene rings is 1. The van der Waals surface area contributed by atoms with E-state index in [-0.39, 0.29) is 24.5 Å². The molecule has 0 spiro atoms. The van der Waals surface area contributed by atoms with Crippen molar-refractivity contribution in [3.63, 3.8) is 0 Å². The van der Waals surface area contributed by atoms with Gasteiger partial charge in [0.2, 0.25) is 5.91 Å². The molecule has 1 aromatic heterocycles. The van der Waals surface area contributed by atoms with Crippen LogP contribution in [0.25, 0.3) is 0 Å². The molecule has 1 aromatic carbocycles. The van der Waals surface area contributed by atoms with Crippen molar-refractivity contribution in [2.24, 2.45) is 0 Å². The molecule has 2 aromatic rings. The maximum absolute atomic E-state index is 12.1. The number of carbonyl (C=O) groups is 2. The summed E-state index contributed by atoms with van der Waals surface area (Å²) in [5, 5.41) is 8.77. The second kappa shape index (κ2) is 7.70. The first kappa shape index (κ1) is 16.9. The van der Waals surface area contributed by atoms with E-state index in [0.717, 1.165) is 10.4 Å². The molecule has 0 saturated carbocycles. The van der Waals surface area contributed by atoms with Gasteiger partial charge in [-0.3, -0.25) is 9.59 Å². The SMILES string of the molecule is Cc1ccc(C(=O)CCC(=O)N(C)Cc2ccc(C#N)cc2)s1. The van der Waals surface area contributed by atoms with Gasteiger partial charge in [-0.2, -0.15) is 5.26 Å². The Labute approximate surface area is 140 Å². The Morgan fingerprint density at radius 1 is 1.13 bits per heavy atom. The average molecular weight is 326 g/mol. The quantitative estimate of drug-likeness (QED) is 0.763. The summed E-state index contributed by atoms with van der Waals surface area (Å²) < 4.78 is 0. The van der Waals surface area contributed by atoms with Crippen LogP contribution in [0, 0.1) is 18.3 Å². The van der Waals surface area contributed by atoms with Gasteiger partial charge in [0, 0.05) is 31.3 Å². The number of nitriles is 1. The fourth-order valence-electron chi connectivity index (χ4n) is 2.17. The smallest absolute Gasteiger partial charge is 0.223 e. The Balaban J connectivity index is 1.84. The Morgan fingerprint density at radius 2 is 1.83 bits per heavy atom. The van der Waals surface area contributed by atoms with Crippen LogP contribution in [-0.2, 0) is 11.3 Å². The van der Waals surface area contributed by atoms with E-state index in [9.17, 15) is 9.59 Å². The van der Waals surface area contributed by atoms with Crippen LogP contribution in [0.4, 0.5) is 0 Å². The first-order valence-corrected chi connectivity index (χ1v) is 8.14. The molecule has 0 N–H and O–H groups in total. The zero-order valence-corrected chi connectivity index (χ0v) is 14.0. The van der Waals surface area contributed by atoms with Crippen molar-refractivity contribution in [1.82, 2.24) is 4.90 Å². The third kappa shape index (κ3) is 4.76. The number of rotatable bonds is 6. The number of thiophene rings is 1. The van der Waals surface area contributed by atoms with Crippen molar-refractivity contribution < 1.29 is 9.59 Å². The minimum absolute atomic E-state index is 0.0169. The number of hydrogen-bond acceptors (Lipinski definition) is 4. The molecule has 0 fully saturated rings. The van der Waals surface area contributed by atoms with Crippen molar-refractivity contribution >= 4 is 23.0 Å². The van der Waals surface area contributed by atoms with Gasteiger partial charge in [-0.25, -0.2) is 0 Å². The van der Waals surface area contributed by atoms with E-state index < -0.39 is 0 Å². The molecular weight excluding hydrogens is 308 g/mol. The molecule has 0 aliphatic carbocycles. The molecule has 0 bridgehead atoms. The lowest BCUT2D eigenvalue weighted by molar-refractivity contribution is -0.130. The molecular formula is C18H18N2O2S. The Kier molecular flexibility index (Phi) is 5.67. The van der Waals surface area contributed by atoms with Gasteiger partial charge in [0.15, 0.2) is 5.78 Å². The van der Waals surface area contributed by atoms with Gasteiger partial charge in [-0.05, 0) is 36.8 Å². The summed E-state index contributed by atoms with van der Waals surface area (Å²) in [4.78, 5) is 27.6. The highest BCUT2D eigenvalue weighted by Gasteiger charge is 2.14. The van der Waals surface area contributed by atoms with E-state index in [4.69, 9.17) is 5.26 Å². The van der Waals surface area contributed by atoms with Gasteiger partial charge in [-0.1, -0.05) is 12.1 Å². The second-order valence-corrected chi connectivity index (χ2v) is 6.68. The summed E-state index contributed by atoms with van der Waals surface area (Å²) in [6.07, 6.45) is 0.444. The highest BCUT2D eigenvalue weighted by molar-refractivity contribution is 7.14. The molecule has 118 valence electrons. The maximum atomic E-state index is 12.1. The number of nitrogens with zero attached hydrogens (tertiary/aromatic N) is 2. The van der Waals surface area contributed by atoms with Crippen molar-refractivity contribution in [1.29, 1.82) is 5.26 Å². The Hall–Kier alpha value is -2.45. The highest BCUT2D eigenvalue weighted by atomic mass is 32.1. The van der Waals surface area contributed by atoms with Crippen LogP contribution < -0.4 is 0 Å². The van der Waals surface area contributed by atoms with Gasteiger partial charge in [-0.15, -0.1) is 11.3 Å². The molecule has 4 nitrogen and oxygen atoms in total. The predicted molar refractivity (Wildman–Crippen MR) is 90.3 cm³/mol. The predicted octanol–water partition coefficient (Wildman–Crippen LogP) is 3.55. The highest BCUT2D eigenvalue weighted by Crippen LogP contribution is 2.18. The third-order valence-corrected chi connectivity index (χ3v) is 4.55. The summed E-state index contributed by atoms with van der Waals surface area (Å²) in [5.74, 6) is -0.0424. The normalized spacial score (nSPS) is 10.1. The molecule has 1 heterocycles. The lowest BCUT2D eigenvalue weighted by Gasteiger charge is -2.17. The minimum Gasteiger partial charge on any atom is -0.341 e. The van der Waals surface area contributed by atoms with Gasteiger partial charge in [0.1, 0.15) is 0 Å². The van der Waals surface area contributed by atoms with Crippen LogP contribution in [0.2, 0.25) is 0 Å². The van der Waals surface area contributed by atoms with Gasteiger partial charge in [0.25, 0.3) is 0 Å². The van der Waals surface area contributed by atoms with E-state index >= 15 is 0 Å². The summed E-state index contributed by atoms with van der Waals surface area (Å²) in [6, 6.07) is 12.9. The molecule has 0 aliphatic heterocycles. The number of aryl methyl sites for hydroxylation is 1. The van der Waals surface area contributed by atoms with E-state index in [1.807, 2.05) is 31.2 Å². The molecule has 2 rings (SSSR count). The van der Waals surface area contributed by atoms with Crippen molar-refractivity contribution in [2.75, 3.05) is 7.05 Å². The van der Waals surface area contributed by atoms with Gasteiger partial charge in [0.05, 0.1) is 16.5 Å². The number of Topliss-reactive ketones (excluding diaryl/α,β-unsaturated/α-hetero) is 1. The Bertz CT molecular complexity index is 741. The number of amides is 1. The van der Waals surface area contributed by atoms with Crippen molar-refractivity contribution in [3.8, 4) is 6.07 Å². The first-order valence-electron chi connectivity index (χ1n) is 7.32. The topological polar surface area (TPSA) is 61.2 Å². The van der Waals surface area contributed by atoms with Crippen LogP contribution in [0.5, 0.6) is 0 Å². The third-order valence-electron chi connectivity index (χ3n) is 3.51. The fourth-order valence-corrected chi connectivity index (χ4v) is 3.00. The average Bonchev–Trinajstić information content (AvgIpc) is 2.99. The van der Waals surface area contributed by atoms with Crippen molar-refractivity contribution in [2.45, 2.75) is 26.3 Å². The standard InChI is InChI=1S/C18H18N2O2S/c1-13-3-9-17(23-13)16(21)8-10-18(22)20(2)12-15-6-4-14(11-19)5-7-15/h3-7,9H,8,10,12H2,1-2H3. The zero-order chi connectivity index (χ0) is 16.8. The van der Waals surface area contributed by atoms with Gasteiger partial charge >= 0.3 is 0 Å². The largest absolute Gasteiger partial charge is 0.341 e. The lowest BCUT2D eigenvalue weighted by Crippen LogP contribution is -2.26. The molecule has 0 radical (unpaired) electrons. The van der Waals surface area contributed by atoms with Crippen LogP contribution in [0.3, 0.4) is 0 Å². The van der Waals surface area contributed by atoms with Crippen LogP contribution >= 0.6 is 11.3 Å². The summed E-state index contributed by atoms with van der Waals surface area (Å²) in [5.41, 5.74) is 1.56. The van der Waals surface area contributed by atoms with E-state index in [1.54, 1.807) is 24.1 Å². The molecule has 0 unspecified atom stereocenters. The fraction of sp³-hybridized carbons (Fsp3) is 0.278. The number of ketones is 1. The molecule has 23 heavy (non-hydrogen) atoms. The van der Waals surface area contributed by atoms with Crippen molar-refractivity contribution in [3.05, 3.63) is 57.3 Å². The van der Waals surface area contributed by atoms with E-state index in [2.05, 4.69) is 6.07 Å². The molecule has 0 aliphatic rings. The lowest BCUT2D eigenvalue weighted by atomic mass is 10.1. The monoisotopic (exact) mass is 326 g/mol. The van der Waals surface area contributed by atoms with Gasteiger partial charge < -0.3 is 4.90 Å². The minimum atomic E-state index is -0.0593. The Morgan fingerprint density at radius 3 is 2.39 bits per heavy atom. The maximum Gasteiger partial charge on any atom is 0.223 e. The second-order valence-electron chi connectivity index (χ2n) is 5.39. The number of carbonyl (C=O) groups excluding carboxylic acids is 2. The van der Waals surface area contributed by atoms with Crippen LogP contribution in [0.1, 0.15) is 38.5 Å². The molecule has 5 heteroatoms. The van der Waals surface area contributed by atoms with Crippen LogP contribution in [-0.4, -0.2) is 23.6 Å². The summed E-state index contributed by atoms with van der Waals surface area (Å²) >= 11 is 1.46. The molecule has 0 saturated heterocycles. The summed E-state index contributed by atoms with van der Waals surface area (Å²) in [7, 11) is 1.72. The molecule has 0 atom stereocenters. The number of hydrogen-bond donors (Lipinski definition) is 0. The molecule has 1 amide bonds. The summed E-state index contributed by atoms with van der Waals surface area (Å²) in [6.45, 7) is 2.43. The van der Waals surface area contributed by atoms with E-state index in [0.29, 0.717) is 17.0 Å².